The summed E-state index contributed by atoms with van der Waals surface area (Å²) in [7, 11) is 6.26. The molecular formula is C27H40N10O. The third-order valence-corrected chi connectivity index (χ3v) is 7.49. The highest BCUT2D eigenvalue weighted by molar-refractivity contribution is 5.93. The molecule has 0 spiro atoms. The number of nitrogens with zero attached hydrogens (tertiary/aromatic N) is 8. The Bertz CT molecular complexity index is 1210. The number of nitrogens with one attached hydrogen (secondary N) is 2. The standard InChI is InChI=1S/C27H40N10O/c1-34(2)13-7-6-12-28-27-32-24(23-25(33-27)37(19-30-23)21-8-4-5-9-21)31-20-10-11-22(29-18-20)26(38)36-16-14-35(3)15-17-36/h10-11,18-19,21H,4-9,12-17H2,1-3H3,(H2,28,31,32,33). The molecule has 38 heavy (non-hydrogen) atoms. The van der Waals surface area contributed by atoms with Gasteiger partial charge in [-0.2, -0.15) is 9.97 Å². The van der Waals surface area contributed by atoms with Crippen LogP contribution in [0.3, 0.4) is 0 Å². The van der Waals surface area contributed by atoms with Gasteiger partial charge in [-0.05, 0) is 65.5 Å². The van der Waals surface area contributed by atoms with Crippen LogP contribution in [0.15, 0.2) is 24.7 Å². The van der Waals surface area contributed by atoms with E-state index < -0.39 is 0 Å². The fraction of sp³-hybridized carbons (Fsp3) is 0.593. The van der Waals surface area contributed by atoms with E-state index in [9.17, 15) is 4.79 Å². The molecule has 2 aliphatic rings. The number of carbonyl (C=O) groups is 1. The molecule has 0 aromatic carbocycles. The minimum absolute atomic E-state index is 0.0230. The smallest absolute Gasteiger partial charge is 0.272 e. The number of imidazole rings is 1. The largest absolute Gasteiger partial charge is 0.354 e. The highest BCUT2D eigenvalue weighted by atomic mass is 16.2. The van der Waals surface area contributed by atoms with E-state index in [1.807, 2.05) is 17.3 Å². The quantitative estimate of drug-likeness (QED) is 0.390. The highest BCUT2D eigenvalue weighted by Crippen LogP contribution is 2.33. The van der Waals surface area contributed by atoms with Crippen LogP contribution in [0.1, 0.15) is 55.1 Å². The molecule has 2 fully saturated rings. The predicted molar refractivity (Wildman–Crippen MR) is 150 cm³/mol. The average molecular weight is 521 g/mol. The Kier molecular flexibility index (Phi) is 8.33. The first-order valence-corrected chi connectivity index (χ1v) is 13.8. The first-order chi connectivity index (χ1) is 18.5. The van der Waals surface area contributed by atoms with E-state index >= 15 is 0 Å². The fourth-order valence-corrected chi connectivity index (χ4v) is 5.19. The van der Waals surface area contributed by atoms with Crippen LogP contribution in [0.2, 0.25) is 0 Å². The van der Waals surface area contributed by atoms with Gasteiger partial charge in [-0.25, -0.2) is 9.97 Å². The van der Waals surface area contributed by atoms with Crippen molar-refractivity contribution in [1.29, 1.82) is 0 Å². The van der Waals surface area contributed by atoms with Gasteiger partial charge in [-0.3, -0.25) is 4.79 Å². The molecule has 0 unspecified atom stereocenters. The van der Waals surface area contributed by atoms with Crippen molar-refractivity contribution in [2.75, 3.05) is 71.0 Å². The SMILES string of the molecule is CN(C)CCCCNc1nc(Nc2ccc(C(=O)N3CCN(C)CC3)nc2)c2ncn(C3CCCC3)c2n1. The van der Waals surface area contributed by atoms with Gasteiger partial charge in [0.1, 0.15) is 5.69 Å². The summed E-state index contributed by atoms with van der Waals surface area (Å²) in [5.41, 5.74) is 2.80. The van der Waals surface area contributed by atoms with Crippen molar-refractivity contribution in [2.24, 2.45) is 0 Å². The van der Waals surface area contributed by atoms with E-state index in [1.165, 1.54) is 12.8 Å². The molecule has 2 N–H and O–H groups in total. The second-order valence-corrected chi connectivity index (χ2v) is 10.7. The molecule has 1 aliphatic carbocycles. The molecule has 11 heteroatoms. The summed E-state index contributed by atoms with van der Waals surface area (Å²) in [6.07, 6.45) is 10.5. The molecule has 1 saturated heterocycles. The molecule has 1 amide bonds. The molecule has 204 valence electrons. The minimum Gasteiger partial charge on any atom is -0.354 e. The second-order valence-electron chi connectivity index (χ2n) is 10.7. The monoisotopic (exact) mass is 520 g/mol. The Morgan fingerprint density at radius 1 is 1.05 bits per heavy atom. The lowest BCUT2D eigenvalue weighted by atomic mass is 10.2. The number of carbonyl (C=O) groups excluding carboxylic acids is 1. The Morgan fingerprint density at radius 3 is 2.55 bits per heavy atom. The molecule has 3 aromatic rings. The van der Waals surface area contributed by atoms with Gasteiger partial charge in [-0.1, -0.05) is 12.8 Å². The third-order valence-electron chi connectivity index (χ3n) is 7.49. The average Bonchev–Trinajstić information content (AvgIpc) is 3.59. The van der Waals surface area contributed by atoms with E-state index in [2.05, 4.69) is 51.1 Å². The van der Waals surface area contributed by atoms with Crippen LogP contribution in [0, 0.1) is 0 Å². The van der Waals surface area contributed by atoms with Gasteiger partial charge in [-0.15, -0.1) is 0 Å². The topological polar surface area (TPSA) is 107 Å². The molecule has 0 bridgehead atoms. The first kappa shape index (κ1) is 26.3. The normalized spacial score (nSPS) is 17.0. The van der Waals surface area contributed by atoms with Crippen molar-refractivity contribution in [3.8, 4) is 0 Å². The number of likely N-dealkylation sites (N-methyl/N-ethyl adjacent to an activating group) is 1. The molecule has 3 aromatic heterocycles. The molecule has 0 radical (unpaired) electrons. The van der Waals surface area contributed by atoms with Gasteiger partial charge in [0.15, 0.2) is 17.0 Å². The zero-order valence-corrected chi connectivity index (χ0v) is 22.9. The van der Waals surface area contributed by atoms with Crippen LogP contribution in [-0.4, -0.2) is 106 Å². The maximum Gasteiger partial charge on any atom is 0.272 e. The zero-order valence-electron chi connectivity index (χ0n) is 22.9. The van der Waals surface area contributed by atoms with Gasteiger partial charge >= 0.3 is 0 Å². The van der Waals surface area contributed by atoms with E-state index in [0.29, 0.717) is 23.5 Å². The Balaban J connectivity index is 1.33. The fourth-order valence-electron chi connectivity index (χ4n) is 5.19. The number of hydrogen-bond donors (Lipinski definition) is 2. The number of rotatable bonds is 10. The summed E-state index contributed by atoms with van der Waals surface area (Å²) in [6, 6.07) is 4.09. The Hall–Kier alpha value is -3.31. The maximum atomic E-state index is 12.9. The van der Waals surface area contributed by atoms with E-state index in [4.69, 9.17) is 15.0 Å². The van der Waals surface area contributed by atoms with Crippen LogP contribution in [0.5, 0.6) is 0 Å². The summed E-state index contributed by atoms with van der Waals surface area (Å²) >= 11 is 0. The number of fused-ring (bicyclic) bond motifs is 1. The van der Waals surface area contributed by atoms with Crippen molar-refractivity contribution < 1.29 is 4.79 Å². The second kappa shape index (κ2) is 12.0. The molecule has 1 aliphatic heterocycles. The lowest BCUT2D eigenvalue weighted by Gasteiger charge is -2.32. The van der Waals surface area contributed by atoms with Crippen molar-refractivity contribution >= 4 is 34.5 Å². The van der Waals surface area contributed by atoms with Crippen LogP contribution < -0.4 is 10.6 Å². The third kappa shape index (κ3) is 6.21. The predicted octanol–water partition coefficient (Wildman–Crippen LogP) is 3.22. The maximum absolute atomic E-state index is 12.9. The van der Waals surface area contributed by atoms with Crippen LogP contribution in [0.25, 0.3) is 11.2 Å². The molecule has 11 nitrogen and oxygen atoms in total. The van der Waals surface area contributed by atoms with Crippen LogP contribution >= 0.6 is 0 Å². The lowest BCUT2D eigenvalue weighted by Crippen LogP contribution is -2.47. The van der Waals surface area contributed by atoms with Gasteiger partial charge in [0.05, 0.1) is 18.2 Å². The van der Waals surface area contributed by atoms with Gasteiger partial charge < -0.3 is 29.9 Å². The zero-order chi connectivity index (χ0) is 26.5. The summed E-state index contributed by atoms with van der Waals surface area (Å²) in [4.78, 5) is 38.0. The van der Waals surface area contributed by atoms with Crippen LogP contribution in [0.4, 0.5) is 17.5 Å². The number of pyridine rings is 1. The van der Waals surface area contributed by atoms with E-state index in [0.717, 1.165) is 81.8 Å². The van der Waals surface area contributed by atoms with Crippen molar-refractivity contribution in [3.63, 3.8) is 0 Å². The molecule has 5 rings (SSSR count). The number of anilines is 3. The summed E-state index contributed by atoms with van der Waals surface area (Å²) in [5.74, 6) is 1.21. The minimum atomic E-state index is -0.0230. The highest BCUT2D eigenvalue weighted by Gasteiger charge is 2.23. The van der Waals surface area contributed by atoms with Crippen molar-refractivity contribution in [1.82, 2.24) is 39.2 Å². The Morgan fingerprint density at radius 2 is 1.84 bits per heavy atom. The van der Waals surface area contributed by atoms with Crippen LogP contribution in [-0.2, 0) is 0 Å². The summed E-state index contributed by atoms with van der Waals surface area (Å²) < 4.78 is 2.21. The summed E-state index contributed by atoms with van der Waals surface area (Å²) in [6.45, 7) is 5.09. The molecular weight excluding hydrogens is 480 g/mol. The number of amides is 1. The lowest BCUT2D eigenvalue weighted by molar-refractivity contribution is 0.0658. The number of piperazine rings is 1. The number of hydrogen-bond acceptors (Lipinski definition) is 9. The van der Waals surface area contributed by atoms with Gasteiger partial charge in [0, 0.05) is 38.8 Å². The van der Waals surface area contributed by atoms with Crippen molar-refractivity contribution in [2.45, 2.75) is 44.6 Å². The van der Waals surface area contributed by atoms with Gasteiger partial charge in [0.25, 0.3) is 5.91 Å². The Labute approximate surface area is 224 Å². The molecule has 0 atom stereocenters. The van der Waals surface area contributed by atoms with Crippen molar-refractivity contribution in [3.05, 3.63) is 30.4 Å². The molecule has 1 saturated carbocycles. The number of aromatic nitrogens is 5. The van der Waals surface area contributed by atoms with E-state index in [-0.39, 0.29) is 5.91 Å². The first-order valence-electron chi connectivity index (χ1n) is 13.8. The molecule has 4 heterocycles. The number of unbranched alkanes of at least 4 members (excludes halogenated alkanes) is 1. The van der Waals surface area contributed by atoms with E-state index in [1.54, 1.807) is 12.3 Å². The summed E-state index contributed by atoms with van der Waals surface area (Å²) in [5, 5.41) is 6.81. The van der Waals surface area contributed by atoms with Gasteiger partial charge in [0.2, 0.25) is 5.95 Å².